The summed E-state index contributed by atoms with van der Waals surface area (Å²) in [4.78, 5) is 16.9. The minimum Gasteiger partial charge on any atom is -0.394 e. The molecule has 3 N–H and O–H groups in total. The quantitative estimate of drug-likeness (QED) is 0.688. The Balaban J connectivity index is 1.96. The average molecular weight is 316 g/mol. The first-order chi connectivity index (χ1) is 10.5. The molecule has 0 fully saturated rings. The van der Waals surface area contributed by atoms with Gasteiger partial charge >= 0.3 is 0 Å². The molecule has 0 saturated heterocycles. The number of thiazole rings is 1. The number of H-pyrrole nitrogens is 1. The number of hydrogen-bond acceptors (Lipinski definition) is 5. The Labute approximate surface area is 131 Å². The molecule has 0 bridgehead atoms. The number of hydrogen-bond donors (Lipinski definition) is 3. The number of carbonyl (C=O) groups excluding carboxylic acids is 1. The van der Waals surface area contributed by atoms with Crippen LogP contribution in [0.15, 0.2) is 30.5 Å². The fourth-order valence-corrected chi connectivity index (χ4v) is 2.99. The number of aliphatic hydroxyl groups is 1. The smallest absolute Gasteiger partial charge is 0.255 e. The summed E-state index contributed by atoms with van der Waals surface area (Å²) < 4.78 is 1.05. The van der Waals surface area contributed by atoms with Gasteiger partial charge in [-0.3, -0.25) is 9.89 Å². The van der Waals surface area contributed by atoms with Crippen LogP contribution in [-0.2, 0) is 0 Å². The third-order valence-electron chi connectivity index (χ3n) is 3.24. The van der Waals surface area contributed by atoms with Crippen LogP contribution in [0.4, 0.5) is 0 Å². The summed E-state index contributed by atoms with van der Waals surface area (Å²) in [5, 5.41) is 19.6. The van der Waals surface area contributed by atoms with Gasteiger partial charge in [0.15, 0.2) is 0 Å². The standard InChI is InChI=1S/C15H16N4O2S/c1-15(2,8-20)18-13(21)9-7-16-19-12(9)14-17-10-5-3-4-6-11(10)22-14/h3-7,20H,8H2,1-2H3,(H,16,19)(H,18,21). The molecule has 2 aromatic heterocycles. The van der Waals surface area contributed by atoms with Crippen LogP contribution in [-0.4, -0.2) is 38.3 Å². The molecule has 1 aromatic carbocycles. The molecular weight excluding hydrogens is 300 g/mol. The monoisotopic (exact) mass is 316 g/mol. The van der Waals surface area contributed by atoms with E-state index in [1.54, 1.807) is 13.8 Å². The lowest BCUT2D eigenvalue weighted by molar-refractivity contribution is 0.0870. The van der Waals surface area contributed by atoms with Crippen molar-refractivity contribution in [2.75, 3.05) is 6.61 Å². The van der Waals surface area contributed by atoms with Crippen LogP contribution >= 0.6 is 11.3 Å². The van der Waals surface area contributed by atoms with E-state index in [1.165, 1.54) is 17.5 Å². The van der Waals surface area contributed by atoms with Gasteiger partial charge < -0.3 is 10.4 Å². The van der Waals surface area contributed by atoms with Crippen molar-refractivity contribution in [3.05, 3.63) is 36.0 Å². The average Bonchev–Trinajstić information content (AvgIpc) is 3.12. The van der Waals surface area contributed by atoms with Crippen LogP contribution in [0.2, 0.25) is 0 Å². The van der Waals surface area contributed by atoms with Gasteiger partial charge in [-0.05, 0) is 26.0 Å². The van der Waals surface area contributed by atoms with Crippen molar-refractivity contribution in [2.45, 2.75) is 19.4 Å². The lowest BCUT2D eigenvalue weighted by atomic mass is 10.1. The van der Waals surface area contributed by atoms with Crippen molar-refractivity contribution >= 4 is 27.5 Å². The first-order valence-corrected chi connectivity index (χ1v) is 7.64. The highest BCUT2D eigenvalue weighted by molar-refractivity contribution is 7.21. The second kappa shape index (κ2) is 5.51. The van der Waals surface area contributed by atoms with E-state index in [4.69, 9.17) is 0 Å². The number of aromatic amines is 1. The molecule has 0 unspecified atom stereocenters. The molecule has 0 aliphatic heterocycles. The molecule has 0 aliphatic carbocycles. The van der Waals surface area contributed by atoms with Gasteiger partial charge in [-0.1, -0.05) is 12.1 Å². The summed E-state index contributed by atoms with van der Waals surface area (Å²) >= 11 is 1.50. The highest BCUT2D eigenvalue weighted by atomic mass is 32.1. The Bertz CT molecular complexity index is 789. The number of para-hydroxylation sites is 1. The predicted molar refractivity (Wildman–Crippen MR) is 85.8 cm³/mol. The molecule has 0 aliphatic rings. The van der Waals surface area contributed by atoms with Gasteiger partial charge in [0.2, 0.25) is 0 Å². The van der Waals surface area contributed by atoms with Gasteiger partial charge in [-0.2, -0.15) is 5.10 Å². The zero-order chi connectivity index (χ0) is 15.7. The molecule has 3 aromatic rings. The summed E-state index contributed by atoms with van der Waals surface area (Å²) in [6.07, 6.45) is 1.48. The molecule has 22 heavy (non-hydrogen) atoms. The van der Waals surface area contributed by atoms with Gasteiger partial charge in [-0.15, -0.1) is 11.3 Å². The molecule has 1 amide bonds. The van der Waals surface area contributed by atoms with E-state index < -0.39 is 5.54 Å². The molecule has 0 atom stereocenters. The molecule has 2 heterocycles. The van der Waals surface area contributed by atoms with E-state index in [2.05, 4.69) is 20.5 Å². The molecule has 114 valence electrons. The molecule has 3 rings (SSSR count). The maximum absolute atomic E-state index is 12.4. The van der Waals surface area contributed by atoms with Crippen molar-refractivity contribution < 1.29 is 9.90 Å². The van der Waals surface area contributed by atoms with Crippen molar-refractivity contribution in [3.8, 4) is 10.7 Å². The van der Waals surface area contributed by atoms with Gasteiger partial charge in [0.05, 0.1) is 34.1 Å². The van der Waals surface area contributed by atoms with Crippen molar-refractivity contribution in [1.29, 1.82) is 0 Å². The highest BCUT2D eigenvalue weighted by Crippen LogP contribution is 2.30. The minimum atomic E-state index is -0.695. The van der Waals surface area contributed by atoms with E-state index in [9.17, 15) is 9.90 Å². The Morgan fingerprint density at radius 1 is 1.41 bits per heavy atom. The van der Waals surface area contributed by atoms with E-state index in [-0.39, 0.29) is 12.5 Å². The topological polar surface area (TPSA) is 90.9 Å². The summed E-state index contributed by atoms with van der Waals surface area (Å²) in [5.74, 6) is -0.290. The van der Waals surface area contributed by atoms with E-state index in [0.29, 0.717) is 16.3 Å². The third-order valence-corrected chi connectivity index (χ3v) is 4.29. The number of carbonyl (C=O) groups is 1. The fourth-order valence-electron chi connectivity index (χ4n) is 2.01. The van der Waals surface area contributed by atoms with Gasteiger partial charge in [0, 0.05) is 0 Å². The van der Waals surface area contributed by atoms with Crippen LogP contribution in [0.3, 0.4) is 0 Å². The number of benzene rings is 1. The third kappa shape index (κ3) is 2.72. The normalized spacial score (nSPS) is 11.8. The SMILES string of the molecule is CC(C)(CO)NC(=O)c1cn[nH]c1-c1nc2ccccc2s1. The summed E-state index contributed by atoms with van der Waals surface area (Å²) in [5.41, 5.74) is 1.20. The van der Waals surface area contributed by atoms with E-state index in [1.807, 2.05) is 24.3 Å². The van der Waals surface area contributed by atoms with Crippen molar-refractivity contribution in [1.82, 2.24) is 20.5 Å². The summed E-state index contributed by atoms with van der Waals surface area (Å²) in [6.45, 7) is 3.36. The minimum absolute atomic E-state index is 0.146. The number of fused-ring (bicyclic) bond motifs is 1. The molecule has 0 spiro atoms. The molecule has 7 heteroatoms. The number of nitrogens with zero attached hydrogens (tertiary/aromatic N) is 2. The van der Waals surface area contributed by atoms with Crippen LogP contribution in [0.1, 0.15) is 24.2 Å². The van der Waals surface area contributed by atoms with E-state index in [0.717, 1.165) is 10.2 Å². The number of aliphatic hydroxyl groups excluding tert-OH is 1. The van der Waals surface area contributed by atoms with Crippen LogP contribution in [0.25, 0.3) is 20.9 Å². The molecule has 6 nitrogen and oxygen atoms in total. The summed E-state index contributed by atoms with van der Waals surface area (Å²) in [7, 11) is 0. The Kier molecular flexibility index (Phi) is 3.67. The zero-order valence-corrected chi connectivity index (χ0v) is 13.1. The van der Waals surface area contributed by atoms with Gasteiger partial charge in [0.1, 0.15) is 10.7 Å². The molecular formula is C15H16N4O2S. The number of amides is 1. The molecule has 0 radical (unpaired) electrons. The fraction of sp³-hybridized carbons (Fsp3) is 0.267. The predicted octanol–water partition coefficient (Wildman–Crippen LogP) is 2.19. The van der Waals surface area contributed by atoms with Crippen LogP contribution in [0, 0.1) is 0 Å². The van der Waals surface area contributed by atoms with Gasteiger partial charge in [-0.25, -0.2) is 4.98 Å². The maximum atomic E-state index is 12.4. The second-order valence-corrected chi connectivity index (χ2v) is 6.67. The largest absolute Gasteiger partial charge is 0.394 e. The maximum Gasteiger partial charge on any atom is 0.255 e. The van der Waals surface area contributed by atoms with Crippen LogP contribution in [0.5, 0.6) is 0 Å². The lowest BCUT2D eigenvalue weighted by Crippen LogP contribution is -2.46. The zero-order valence-electron chi connectivity index (χ0n) is 12.3. The Hall–Kier alpha value is -2.25. The number of nitrogens with one attached hydrogen (secondary N) is 2. The second-order valence-electron chi connectivity index (χ2n) is 5.64. The van der Waals surface area contributed by atoms with E-state index >= 15 is 0 Å². The Morgan fingerprint density at radius 3 is 2.91 bits per heavy atom. The summed E-state index contributed by atoms with van der Waals surface area (Å²) in [6, 6.07) is 7.80. The number of rotatable bonds is 4. The lowest BCUT2D eigenvalue weighted by Gasteiger charge is -2.23. The number of aromatic nitrogens is 3. The Morgan fingerprint density at radius 2 is 2.18 bits per heavy atom. The van der Waals surface area contributed by atoms with Gasteiger partial charge in [0.25, 0.3) is 5.91 Å². The first kappa shape index (κ1) is 14.7. The van der Waals surface area contributed by atoms with Crippen molar-refractivity contribution in [3.63, 3.8) is 0 Å². The van der Waals surface area contributed by atoms with Crippen LogP contribution < -0.4 is 5.32 Å². The molecule has 0 saturated carbocycles. The highest BCUT2D eigenvalue weighted by Gasteiger charge is 2.24. The van der Waals surface area contributed by atoms with Crippen molar-refractivity contribution in [2.24, 2.45) is 0 Å². The first-order valence-electron chi connectivity index (χ1n) is 6.83.